The van der Waals surface area contributed by atoms with Crippen molar-refractivity contribution in [3.05, 3.63) is 24.7 Å². The molecule has 5 heteroatoms. The minimum Gasteiger partial charge on any atom is -0.481 e. The third kappa shape index (κ3) is 22.5. The Balaban J connectivity index is 0. The number of carboxylic acids is 1. The standard InChI is InChI=1S/C7H10O3.C2H4O2/c1-3-5-9-7(8)10-6-4-2;1-2(3)4/h3-6H,1-2H3;1H3,(H,3,4). The van der Waals surface area contributed by atoms with Gasteiger partial charge in [0.2, 0.25) is 0 Å². The Morgan fingerprint density at radius 1 is 1.07 bits per heavy atom. The lowest BCUT2D eigenvalue weighted by Crippen LogP contribution is -1.97. The van der Waals surface area contributed by atoms with E-state index in [-0.39, 0.29) is 0 Å². The third-order valence-electron chi connectivity index (χ3n) is 0.601. The summed E-state index contributed by atoms with van der Waals surface area (Å²) in [6.07, 6.45) is 4.97. The number of rotatable bonds is 2. The number of carbonyl (C=O) groups excluding carboxylic acids is 1. The van der Waals surface area contributed by atoms with Gasteiger partial charge in [-0.15, -0.1) is 0 Å². The van der Waals surface area contributed by atoms with Crippen molar-refractivity contribution in [1.29, 1.82) is 0 Å². The lowest BCUT2D eigenvalue weighted by Gasteiger charge is -1.93. The van der Waals surface area contributed by atoms with E-state index in [9.17, 15) is 4.79 Å². The molecule has 0 rings (SSSR count). The van der Waals surface area contributed by atoms with Crippen LogP contribution in [0.15, 0.2) is 24.7 Å². The second-order valence-electron chi connectivity index (χ2n) is 1.94. The number of carboxylic acid groups (broad SMARTS) is 1. The van der Waals surface area contributed by atoms with Crippen molar-refractivity contribution < 1.29 is 24.2 Å². The highest BCUT2D eigenvalue weighted by Gasteiger charge is 1.94. The molecular weight excluding hydrogens is 188 g/mol. The lowest BCUT2D eigenvalue weighted by molar-refractivity contribution is -0.134. The summed E-state index contributed by atoms with van der Waals surface area (Å²) in [5, 5.41) is 7.42. The van der Waals surface area contributed by atoms with E-state index in [1.54, 1.807) is 26.0 Å². The summed E-state index contributed by atoms with van der Waals surface area (Å²) in [7, 11) is 0. The van der Waals surface area contributed by atoms with E-state index in [1.165, 1.54) is 12.5 Å². The molecule has 14 heavy (non-hydrogen) atoms. The summed E-state index contributed by atoms with van der Waals surface area (Å²) in [6.45, 7) is 4.56. The van der Waals surface area contributed by atoms with Gasteiger partial charge < -0.3 is 14.6 Å². The third-order valence-corrected chi connectivity index (χ3v) is 0.601. The average Bonchev–Trinajstić information content (AvgIpc) is 2.10. The number of hydrogen-bond donors (Lipinski definition) is 1. The van der Waals surface area contributed by atoms with Gasteiger partial charge in [-0.25, -0.2) is 4.79 Å². The van der Waals surface area contributed by atoms with Gasteiger partial charge in [-0.1, -0.05) is 12.2 Å². The normalized spacial score (nSPS) is 9.36. The minimum absolute atomic E-state index is 0.726. The van der Waals surface area contributed by atoms with Crippen molar-refractivity contribution in [3.63, 3.8) is 0 Å². The van der Waals surface area contributed by atoms with Crippen LogP contribution < -0.4 is 0 Å². The number of ether oxygens (including phenoxy) is 2. The summed E-state index contributed by atoms with van der Waals surface area (Å²) >= 11 is 0. The first-order valence-electron chi connectivity index (χ1n) is 3.83. The maximum atomic E-state index is 10.4. The van der Waals surface area contributed by atoms with E-state index in [1.807, 2.05) is 0 Å². The largest absolute Gasteiger partial charge is 0.518 e. The van der Waals surface area contributed by atoms with Crippen LogP contribution in [0.5, 0.6) is 0 Å². The summed E-state index contributed by atoms with van der Waals surface area (Å²) in [5.74, 6) is -0.833. The number of aliphatic carboxylic acids is 1. The minimum atomic E-state index is -0.833. The number of carbonyl (C=O) groups is 2. The Morgan fingerprint density at radius 3 is 1.57 bits per heavy atom. The van der Waals surface area contributed by atoms with Gasteiger partial charge in [0.15, 0.2) is 0 Å². The molecule has 0 unspecified atom stereocenters. The Morgan fingerprint density at radius 2 is 1.36 bits per heavy atom. The second kappa shape index (κ2) is 11.2. The fourth-order valence-corrected chi connectivity index (χ4v) is 0.275. The maximum Gasteiger partial charge on any atom is 0.518 e. The summed E-state index contributed by atoms with van der Waals surface area (Å²) in [4.78, 5) is 19.4. The van der Waals surface area contributed by atoms with Gasteiger partial charge in [0.1, 0.15) is 0 Å². The first-order chi connectivity index (χ1) is 6.54. The molecule has 0 aromatic rings. The van der Waals surface area contributed by atoms with Gasteiger partial charge >= 0.3 is 6.16 Å². The highest BCUT2D eigenvalue weighted by molar-refractivity contribution is 5.63. The van der Waals surface area contributed by atoms with Crippen LogP contribution >= 0.6 is 0 Å². The number of hydrogen-bond acceptors (Lipinski definition) is 4. The molecule has 0 aliphatic rings. The van der Waals surface area contributed by atoms with Crippen LogP contribution in [0.25, 0.3) is 0 Å². The number of allylic oxidation sites excluding steroid dienone is 2. The van der Waals surface area contributed by atoms with E-state index in [4.69, 9.17) is 9.90 Å². The predicted octanol–water partition coefficient (Wildman–Crippen LogP) is 2.30. The van der Waals surface area contributed by atoms with Crippen LogP contribution in [0.4, 0.5) is 4.79 Å². The first kappa shape index (κ1) is 14.7. The topological polar surface area (TPSA) is 72.8 Å². The molecule has 0 spiro atoms. The van der Waals surface area contributed by atoms with Crippen molar-refractivity contribution >= 4 is 12.1 Å². The van der Waals surface area contributed by atoms with Gasteiger partial charge in [0.25, 0.3) is 5.97 Å². The summed E-state index contributed by atoms with van der Waals surface area (Å²) < 4.78 is 8.80. The fraction of sp³-hybridized carbons (Fsp3) is 0.333. The molecule has 1 N–H and O–H groups in total. The van der Waals surface area contributed by atoms with Gasteiger partial charge in [-0.2, -0.15) is 0 Å². The van der Waals surface area contributed by atoms with Gasteiger partial charge in [-0.05, 0) is 13.8 Å². The Hall–Kier alpha value is -1.78. The fourth-order valence-electron chi connectivity index (χ4n) is 0.275. The quantitative estimate of drug-likeness (QED) is 0.549. The van der Waals surface area contributed by atoms with Crippen LogP contribution in [-0.4, -0.2) is 17.2 Å². The van der Waals surface area contributed by atoms with E-state index in [0.29, 0.717) is 0 Å². The maximum absolute atomic E-state index is 10.4. The predicted molar refractivity (Wildman–Crippen MR) is 50.5 cm³/mol. The zero-order valence-electron chi connectivity index (χ0n) is 8.39. The molecule has 0 atom stereocenters. The van der Waals surface area contributed by atoms with Gasteiger partial charge in [0, 0.05) is 6.92 Å². The molecule has 80 valence electrons. The van der Waals surface area contributed by atoms with Crippen LogP contribution in [0.1, 0.15) is 20.8 Å². The molecule has 0 aromatic carbocycles. The van der Waals surface area contributed by atoms with Crippen molar-refractivity contribution in [1.82, 2.24) is 0 Å². The zero-order chi connectivity index (χ0) is 11.4. The Kier molecular flexibility index (Phi) is 11.8. The molecule has 0 aromatic heterocycles. The van der Waals surface area contributed by atoms with Crippen molar-refractivity contribution in [2.24, 2.45) is 0 Å². The molecule has 0 heterocycles. The SMILES string of the molecule is CC(=O)O.CC=COC(=O)OC=CC. The molecule has 0 amide bonds. The van der Waals surface area contributed by atoms with Crippen molar-refractivity contribution in [3.8, 4) is 0 Å². The van der Waals surface area contributed by atoms with Crippen LogP contribution in [0.3, 0.4) is 0 Å². The van der Waals surface area contributed by atoms with Crippen molar-refractivity contribution in [2.75, 3.05) is 0 Å². The zero-order valence-corrected chi connectivity index (χ0v) is 8.39. The van der Waals surface area contributed by atoms with Crippen LogP contribution in [-0.2, 0) is 14.3 Å². The molecule has 0 bridgehead atoms. The van der Waals surface area contributed by atoms with Crippen LogP contribution in [0.2, 0.25) is 0 Å². The Labute approximate surface area is 82.6 Å². The summed E-state index contributed by atoms with van der Waals surface area (Å²) in [5.41, 5.74) is 0. The first-order valence-corrected chi connectivity index (χ1v) is 3.83. The van der Waals surface area contributed by atoms with E-state index in [0.717, 1.165) is 6.92 Å². The van der Waals surface area contributed by atoms with Gasteiger partial charge in [-0.3, -0.25) is 4.79 Å². The van der Waals surface area contributed by atoms with Crippen molar-refractivity contribution in [2.45, 2.75) is 20.8 Å². The smallest absolute Gasteiger partial charge is 0.481 e. The molecule has 5 nitrogen and oxygen atoms in total. The molecule has 0 saturated carbocycles. The molecule has 0 aliphatic heterocycles. The molecule has 0 aliphatic carbocycles. The highest BCUT2D eigenvalue weighted by atomic mass is 16.7. The van der Waals surface area contributed by atoms with E-state index < -0.39 is 12.1 Å². The average molecular weight is 202 g/mol. The Bertz CT molecular complexity index is 197. The monoisotopic (exact) mass is 202 g/mol. The second-order valence-corrected chi connectivity index (χ2v) is 1.94. The molecule has 0 saturated heterocycles. The van der Waals surface area contributed by atoms with E-state index in [2.05, 4.69) is 9.47 Å². The molecule has 0 radical (unpaired) electrons. The van der Waals surface area contributed by atoms with E-state index >= 15 is 0 Å². The molecule has 0 fully saturated rings. The lowest BCUT2D eigenvalue weighted by atomic mass is 10.7. The van der Waals surface area contributed by atoms with Crippen LogP contribution in [0, 0.1) is 0 Å². The van der Waals surface area contributed by atoms with Gasteiger partial charge in [0.05, 0.1) is 12.5 Å². The highest BCUT2D eigenvalue weighted by Crippen LogP contribution is 1.86. The molecular formula is C9H14O5. The summed E-state index contributed by atoms with van der Waals surface area (Å²) in [6, 6.07) is 0.